The number of benzene rings is 1. The number of allylic oxidation sites excluding steroid dienone is 4. The molecule has 0 spiro atoms. The van der Waals surface area contributed by atoms with Gasteiger partial charge in [-0.1, -0.05) is 65.5 Å². The SMILES string of the molecule is CC.CC/C(C)=C(C)/C=C(/C)N(C)c1ccc(OC(F)(F)F)cc1.CCCC1(CCC(C)CC)OCCO1. The molecule has 38 heavy (non-hydrogen) atoms. The zero-order valence-corrected chi connectivity index (χ0v) is 25.4. The maximum absolute atomic E-state index is 12.1. The molecule has 0 amide bonds. The van der Waals surface area contributed by atoms with Crippen molar-refractivity contribution in [2.24, 2.45) is 5.92 Å². The summed E-state index contributed by atoms with van der Waals surface area (Å²) in [5.74, 6) is 0.346. The fraction of sp³-hybridized carbons (Fsp3) is 0.677. The van der Waals surface area contributed by atoms with Crippen LogP contribution >= 0.6 is 0 Å². The number of anilines is 1. The number of alkyl halides is 3. The molecule has 0 aromatic heterocycles. The van der Waals surface area contributed by atoms with E-state index >= 15 is 0 Å². The summed E-state index contributed by atoms with van der Waals surface area (Å²) in [5.41, 5.74) is 4.31. The van der Waals surface area contributed by atoms with Gasteiger partial charge in [0.25, 0.3) is 0 Å². The summed E-state index contributed by atoms with van der Waals surface area (Å²) in [7, 11) is 1.88. The Morgan fingerprint density at radius 2 is 1.58 bits per heavy atom. The maximum Gasteiger partial charge on any atom is 0.573 e. The van der Waals surface area contributed by atoms with E-state index in [1.165, 1.54) is 36.1 Å². The lowest BCUT2D eigenvalue weighted by molar-refractivity contribution is -0.274. The second-order valence-electron chi connectivity index (χ2n) is 9.61. The summed E-state index contributed by atoms with van der Waals surface area (Å²) in [6.07, 6.45) is 4.11. The van der Waals surface area contributed by atoms with Gasteiger partial charge in [0.15, 0.2) is 5.79 Å². The van der Waals surface area contributed by atoms with Crippen molar-refractivity contribution in [1.82, 2.24) is 0 Å². The van der Waals surface area contributed by atoms with Gasteiger partial charge >= 0.3 is 6.36 Å². The smallest absolute Gasteiger partial charge is 0.406 e. The molecule has 1 aromatic carbocycles. The summed E-state index contributed by atoms with van der Waals surface area (Å²) in [6, 6.07) is 5.83. The summed E-state index contributed by atoms with van der Waals surface area (Å²) in [5, 5.41) is 0. The topological polar surface area (TPSA) is 30.9 Å². The van der Waals surface area contributed by atoms with Crippen molar-refractivity contribution in [3.63, 3.8) is 0 Å². The van der Waals surface area contributed by atoms with E-state index in [1.54, 1.807) is 12.1 Å². The Kier molecular flexibility index (Phi) is 17.4. The highest BCUT2D eigenvalue weighted by molar-refractivity contribution is 5.53. The Balaban J connectivity index is 0.000000735. The van der Waals surface area contributed by atoms with Gasteiger partial charge in [0.1, 0.15) is 5.75 Å². The molecule has 1 aromatic rings. The summed E-state index contributed by atoms with van der Waals surface area (Å²) in [6.45, 7) is 20.5. The normalized spacial score (nSPS) is 16.4. The largest absolute Gasteiger partial charge is 0.573 e. The van der Waals surface area contributed by atoms with Gasteiger partial charge in [0, 0.05) is 31.3 Å². The standard InChI is InChI=1S/C17H22F3NO.C12H24O2.C2H6/c1-6-12(2)13(3)11-14(4)21(5)15-7-9-16(10-8-15)22-17(18,19)20;1-4-7-12(13-9-10-14-12)8-6-11(3)5-2;1-2/h7-11H,6H2,1-5H3;11H,4-10H2,1-3H3;1-2H3/b13-12+,14-11-;;. The molecule has 1 saturated heterocycles. The van der Waals surface area contributed by atoms with Gasteiger partial charge in [-0.25, -0.2) is 0 Å². The Hall–Kier alpha value is -1.99. The third kappa shape index (κ3) is 13.7. The predicted octanol–water partition coefficient (Wildman–Crippen LogP) is 10.1. The summed E-state index contributed by atoms with van der Waals surface area (Å²) >= 11 is 0. The van der Waals surface area contributed by atoms with E-state index in [-0.39, 0.29) is 11.5 Å². The van der Waals surface area contributed by atoms with Crippen LogP contribution in [0.2, 0.25) is 0 Å². The van der Waals surface area contributed by atoms with E-state index in [9.17, 15) is 13.2 Å². The van der Waals surface area contributed by atoms with Crippen molar-refractivity contribution in [2.75, 3.05) is 25.2 Å². The molecule has 1 atom stereocenters. The average molecular weight is 544 g/mol. The highest BCUT2D eigenvalue weighted by Gasteiger charge is 2.35. The Bertz CT molecular complexity index is 826. The zero-order valence-electron chi connectivity index (χ0n) is 25.4. The number of ether oxygens (including phenoxy) is 3. The van der Waals surface area contributed by atoms with Crippen LogP contribution < -0.4 is 9.64 Å². The van der Waals surface area contributed by atoms with Crippen LogP contribution in [0.1, 0.15) is 101 Å². The molecular weight excluding hydrogens is 491 g/mol. The summed E-state index contributed by atoms with van der Waals surface area (Å²) in [4.78, 5) is 1.92. The molecule has 0 bridgehead atoms. The lowest BCUT2D eigenvalue weighted by atomic mass is 9.96. The minimum absolute atomic E-state index is 0.218. The number of halogens is 3. The molecule has 1 unspecified atom stereocenters. The molecule has 2 rings (SSSR count). The van der Waals surface area contributed by atoms with E-state index in [0.717, 1.165) is 56.2 Å². The molecule has 1 aliphatic heterocycles. The highest BCUT2D eigenvalue weighted by atomic mass is 19.4. The van der Waals surface area contributed by atoms with Crippen LogP contribution in [0.4, 0.5) is 18.9 Å². The maximum atomic E-state index is 12.1. The molecular formula is C31H52F3NO3. The first kappa shape index (κ1) is 36.0. The summed E-state index contributed by atoms with van der Waals surface area (Å²) < 4.78 is 51.8. The third-order valence-electron chi connectivity index (χ3n) is 6.77. The van der Waals surface area contributed by atoms with Gasteiger partial charge in [0.2, 0.25) is 0 Å². The highest BCUT2D eigenvalue weighted by Crippen LogP contribution is 2.32. The van der Waals surface area contributed by atoms with E-state index in [1.807, 2.05) is 32.7 Å². The fourth-order valence-electron chi connectivity index (χ4n) is 3.85. The van der Waals surface area contributed by atoms with E-state index in [4.69, 9.17) is 9.47 Å². The van der Waals surface area contributed by atoms with Crippen LogP contribution in [0.3, 0.4) is 0 Å². The molecule has 4 nitrogen and oxygen atoms in total. The number of hydrogen-bond acceptors (Lipinski definition) is 4. The van der Waals surface area contributed by atoms with Crippen molar-refractivity contribution < 1.29 is 27.4 Å². The number of hydrogen-bond donors (Lipinski definition) is 0. The fourth-order valence-corrected chi connectivity index (χ4v) is 3.85. The van der Waals surface area contributed by atoms with Crippen LogP contribution in [-0.2, 0) is 9.47 Å². The minimum Gasteiger partial charge on any atom is -0.406 e. The lowest BCUT2D eigenvalue weighted by Gasteiger charge is -2.28. The van der Waals surface area contributed by atoms with Crippen LogP contribution in [0.25, 0.3) is 0 Å². The molecule has 0 radical (unpaired) electrons. The monoisotopic (exact) mass is 543 g/mol. The van der Waals surface area contributed by atoms with Crippen LogP contribution in [0.15, 0.2) is 47.2 Å². The molecule has 0 saturated carbocycles. The number of rotatable bonds is 11. The van der Waals surface area contributed by atoms with Crippen molar-refractivity contribution in [1.29, 1.82) is 0 Å². The molecule has 7 heteroatoms. The van der Waals surface area contributed by atoms with E-state index in [0.29, 0.717) is 0 Å². The van der Waals surface area contributed by atoms with Crippen molar-refractivity contribution >= 4 is 5.69 Å². The van der Waals surface area contributed by atoms with Gasteiger partial charge < -0.3 is 19.1 Å². The molecule has 1 fully saturated rings. The molecule has 1 heterocycles. The van der Waals surface area contributed by atoms with Crippen molar-refractivity contribution in [2.45, 2.75) is 113 Å². The van der Waals surface area contributed by atoms with Crippen molar-refractivity contribution in [3.05, 3.63) is 47.2 Å². The molecule has 0 N–H and O–H groups in total. The Morgan fingerprint density at radius 3 is 2.03 bits per heavy atom. The first-order valence-corrected chi connectivity index (χ1v) is 14.1. The van der Waals surface area contributed by atoms with Crippen molar-refractivity contribution in [3.8, 4) is 5.75 Å². The average Bonchev–Trinajstić information content (AvgIpc) is 3.36. The van der Waals surface area contributed by atoms with Gasteiger partial charge in [0.05, 0.1) is 13.2 Å². The van der Waals surface area contributed by atoms with Gasteiger partial charge in [-0.2, -0.15) is 0 Å². The third-order valence-corrected chi connectivity index (χ3v) is 6.77. The predicted molar refractivity (Wildman–Crippen MR) is 154 cm³/mol. The second kappa shape index (κ2) is 18.3. The second-order valence-corrected chi connectivity index (χ2v) is 9.61. The van der Waals surface area contributed by atoms with E-state index in [2.05, 4.69) is 52.4 Å². The number of nitrogens with zero attached hydrogens (tertiary/aromatic N) is 1. The van der Waals surface area contributed by atoms with Crippen LogP contribution in [0, 0.1) is 5.92 Å². The van der Waals surface area contributed by atoms with E-state index < -0.39 is 6.36 Å². The Morgan fingerprint density at radius 1 is 1.03 bits per heavy atom. The quantitative estimate of drug-likeness (QED) is 0.260. The minimum atomic E-state index is -4.66. The molecule has 220 valence electrons. The van der Waals surface area contributed by atoms with Crippen LogP contribution in [0.5, 0.6) is 5.75 Å². The Labute approximate surface area is 230 Å². The van der Waals surface area contributed by atoms with Gasteiger partial charge in [-0.3, -0.25) is 0 Å². The molecule has 0 aliphatic carbocycles. The zero-order chi connectivity index (χ0) is 29.4. The van der Waals surface area contributed by atoms with Crippen LogP contribution in [-0.4, -0.2) is 32.4 Å². The molecule has 1 aliphatic rings. The van der Waals surface area contributed by atoms with Gasteiger partial charge in [-0.15, -0.1) is 13.2 Å². The lowest BCUT2D eigenvalue weighted by Crippen LogP contribution is -2.30. The van der Waals surface area contributed by atoms with Gasteiger partial charge in [-0.05, 0) is 69.9 Å². The first-order chi connectivity index (χ1) is 17.9. The first-order valence-electron chi connectivity index (χ1n) is 14.1.